The van der Waals surface area contributed by atoms with Gasteiger partial charge >= 0.3 is 0 Å². The molecule has 0 atom stereocenters. The second-order valence-electron chi connectivity index (χ2n) is 3.87. The predicted molar refractivity (Wildman–Crippen MR) is 75.3 cm³/mol. The summed E-state index contributed by atoms with van der Waals surface area (Å²) in [6.07, 6.45) is 3.65. The molecule has 0 fully saturated rings. The molecule has 2 N–H and O–H groups in total. The second-order valence-corrected chi connectivity index (χ2v) is 5.57. The lowest BCUT2D eigenvalue weighted by Crippen LogP contribution is -2.02. The van der Waals surface area contributed by atoms with E-state index in [2.05, 4.69) is 11.1 Å². The van der Waals surface area contributed by atoms with Gasteiger partial charge in [0.15, 0.2) is 4.47 Å². The highest BCUT2D eigenvalue weighted by atomic mass is 35.5. The highest BCUT2D eigenvalue weighted by Gasteiger charge is 2.05. The summed E-state index contributed by atoms with van der Waals surface area (Å²) in [6.45, 7) is 1.20. The first kappa shape index (κ1) is 13.3. The molecular formula is C13H15ClN2OS. The van der Waals surface area contributed by atoms with Crippen molar-refractivity contribution in [1.82, 2.24) is 4.98 Å². The summed E-state index contributed by atoms with van der Waals surface area (Å²) in [5.41, 5.74) is 6.73. The molecule has 0 saturated heterocycles. The van der Waals surface area contributed by atoms with Gasteiger partial charge in [-0.15, -0.1) is 11.3 Å². The number of rotatable bonds is 6. The summed E-state index contributed by atoms with van der Waals surface area (Å²) >= 11 is 7.22. The molecule has 18 heavy (non-hydrogen) atoms. The van der Waals surface area contributed by atoms with Gasteiger partial charge in [-0.25, -0.2) is 4.98 Å². The summed E-state index contributed by atoms with van der Waals surface area (Å²) in [7, 11) is 0. The lowest BCUT2D eigenvalue weighted by molar-refractivity contribution is 0.306. The van der Waals surface area contributed by atoms with Gasteiger partial charge in [0.05, 0.1) is 4.88 Å². The molecule has 2 rings (SSSR count). The Morgan fingerprint density at radius 3 is 2.89 bits per heavy atom. The van der Waals surface area contributed by atoms with Crippen molar-refractivity contribution >= 4 is 22.9 Å². The number of nitrogens with two attached hydrogens (primary N) is 1. The first-order valence-electron chi connectivity index (χ1n) is 5.80. The third-order valence-corrected chi connectivity index (χ3v) is 3.61. The van der Waals surface area contributed by atoms with E-state index in [4.69, 9.17) is 22.1 Å². The maximum absolute atomic E-state index is 5.80. The van der Waals surface area contributed by atoms with E-state index in [1.54, 1.807) is 6.20 Å². The Balaban J connectivity index is 1.99. The number of thiazole rings is 1. The van der Waals surface area contributed by atoms with Gasteiger partial charge in [0.2, 0.25) is 0 Å². The Kier molecular flexibility index (Phi) is 4.99. The molecular weight excluding hydrogens is 268 g/mol. The number of ether oxygens (including phenoxy) is 1. The zero-order chi connectivity index (χ0) is 12.8. The van der Waals surface area contributed by atoms with Crippen molar-refractivity contribution in [2.45, 2.75) is 19.4 Å². The Hall–Kier alpha value is -1.10. The van der Waals surface area contributed by atoms with Gasteiger partial charge in [-0.05, 0) is 31.0 Å². The van der Waals surface area contributed by atoms with E-state index >= 15 is 0 Å². The third kappa shape index (κ3) is 3.70. The van der Waals surface area contributed by atoms with Crippen LogP contribution in [0.3, 0.4) is 0 Å². The summed E-state index contributed by atoms with van der Waals surface area (Å²) in [5, 5.41) is 0. The summed E-state index contributed by atoms with van der Waals surface area (Å²) in [5.74, 6) is 0.912. The fourth-order valence-corrected chi connectivity index (χ4v) is 2.53. The summed E-state index contributed by atoms with van der Waals surface area (Å²) in [6, 6.07) is 8.04. The topological polar surface area (TPSA) is 48.1 Å². The number of nitrogens with zero attached hydrogens (tertiary/aromatic N) is 1. The molecule has 96 valence electrons. The van der Waals surface area contributed by atoms with E-state index in [0.717, 1.165) is 23.5 Å². The highest BCUT2D eigenvalue weighted by molar-refractivity contribution is 7.15. The highest BCUT2D eigenvalue weighted by Crippen LogP contribution is 2.23. The second kappa shape index (κ2) is 6.73. The van der Waals surface area contributed by atoms with Crippen LogP contribution >= 0.6 is 22.9 Å². The largest absolute Gasteiger partial charge is 0.488 e. The number of halogens is 1. The monoisotopic (exact) mass is 282 g/mol. The van der Waals surface area contributed by atoms with Crippen LogP contribution in [0.2, 0.25) is 4.47 Å². The Morgan fingerprint density at radius 1 is 1.33 bits per heavy atom. The zero-order valence-electron chi connectivity index (χ0n) is 9.93. The van der Waals surface area contributed by atoms with Gasteiger partial charge in [0.25, 0.3) is 0 Å². The molecule has 0 radical (unpaired) electrons. The van der Waals surface area contributed by atoms with Crippen LogP contribution in [0, 0.1) is 0 Å². The van der Waals surface area contributed by atoms with E-state index in [9.17, 15) is 0 Å². The van der Waals surface area contributed by atoms with Crippen molar-refractivity contribution in [3.05, 3.63) is 45.4 Å². The molecule has 0 spiro atoms. The predicted octanol–water partition coefficient (Wildman–Crippen LogP) is 3.27. The Morgan fingerprint density at radius 2 is 2.17 bits per heavy atom. The van der Waals surface area contributed by atoms with E-state index in [-0.39, 0.29) is 0 Å². The quantitative estimate of drug-likeness (QED) is 0.885. The van der Waals surface area contributed by atoms with Crippen molar-refractivity contribution in [3.8, 4) is 5.75 Å². The maximum atomic E-state index is 5.80. The molecule has 2 aromatic rings. The SMILES string of the molecule is NCCCc1ccccc1OCc1cnc(Cl)s1. The molecule has 1 aromatic heterocycles. The lowest BCUT2D eigenvalue weighted by atomic mass is 10.1. The molecule has 5 heteroatoms. The van der Waals surface area contributed by atoms with E-state index in [1.807, 2.05) is 18.2 Å². The molecule has 0 amide bonds. The average Bonchev–Trinajstić information content (AvgIpc) is 2.81. The van der Waals surface area contributed by atoms with Crippen molar-refractivity contribution in [3.63, 3.8) is 0 Å². The van der Waals surface area contributed by atoms with Crippen molar-refractivity contribution in [1.29, 1.82) is 0 Å². The van der Waals surface area contributed by atoms with Gasteiger partial charge in [-0.3, -0.25) is 0 Å². The zero-order valence-corrected chi connectivity index (χ0v) is 11.5. The first-order chi connectivity index (χ1) is 8.79. The fraction of sp³-hybridized carbons (Fsp3) is 0.308. The van der Waals surface area contributed by atoms with Crippen molar-refractivity contribution in [2.24, 2.45) is 5.73 Å². The minimum atomic E-state index is 0.504. The van der Waals surface area contributed by atoms with Gasteiger partial charge in [0, 0.05) is 6.20 Å². The van der Waals surface area contributed by atoms with Gasteiger partial charge in [-0.1, -0.05) is 29.8 Å². The number of hydrogen-bond acceptors (Lipinski definition) is 4. The van der Waals surface area contributed by atoms with E-state index < -0.39 is 0 Å². The molecule has 3 nitrogen and oxygen atoms in total. The fourth-order valence-electron chi connectivity index (χ4n) is 1.64. The molecule has 1 heterocycles. The average molecular weight is 283 g/mol. The molecule has 0 saturated carbocycles. The molecule has 0 unspecified atom stereocenters. The van der Waals surface area contributed by atoms with Crippen LogP contribution in [-0.2, 0) is 13.0 Å². The number of aryl methyl sites for hydroxylation is 1. The number of aromatic nitrogens is 1. The molecule has 0 aliphatic carbocycles. The van der Waals surface area contributed by atoms with Crippen LogP contribution in [0.25, 0.3) is 0 Å². The van der Waals surface area contributed by atoms with Crippen LogP contribution < -0.4 is 10.5 Å². The minimum absolute atomic E-state index is 0.504. The van der Waals surface area contributed by atoms with E-state index in [0.29, 0.717) is 17.6 Å². The molecule has 0 aliphatic heterocycles. The number of benzene rings is 1. The standard InChI is InChI=1S/C13H15ClN2OS/c14-13-16-8-11(18-13)9-17-12-6-2-1-4-10(12)5-3-7-15/h1-2,4,6,8H,3,5,7,9,15H2. The summed E-state index contributed by atoms with van der Waals surface area (Å²) in [4.78, 5) is 5.01. The van der Waals surface area contributed by atoms with Gasteiger partial charge in [0.1, 0.15) is 12.4 Å². The van der Waals surface area contributed by atoms with Crippen molar-refractivity contribution in [2.75, 3.05) is 6.54 Å². The van der Waals surface area contributed by atoms with Crippen LogP contribution in [-0.4, -0.2) is 11.5 Å². The van der Waals surface area contributed by atoms with Crippen LogP contribution in [0.5, 0.6) is 5.75 Å². The van der Waals surface area contributed by atoms with Gasteiger partial charge < -0.3 is 10.5 Å². The third-order valence-electron chi connectivity index (χ3n) is 2.52. The van der Waals surface area contributed by atoms with Crippen LogP contribution in [0.15, 0.2) is 30.5 Å². The molecule has 1 aromatic carbocycles. The minimum Gasteiger partial charge on any atom is -0.488 e. The molecule has 0 bridgehead atoms. The van der Waals surface area contributed by atoms with E-state index in [1.165, 1.54) is 16.9 Å². The first-order valence-corrected chi connectivity index (χ1v) is 7.00. The van der Waals surface area contributed by atoms with Crippen LogP contribution in [0.4, 0.5) is 0 Å². The normalized spacial score (nSPS) is 10.6. The van der Waals surface area contributed by atoms with Crippen molar-refractivity contribution < 1.29 is 4.74 Å². The number of para-hydroxylation sites is 1. The van der Waals surface area contributed by atoms with Gasteiger partial charge in [-0.2, -0.15) is 0 Å². The smallest absolute Gasteiger partial charge is 0.183 e. The molecule has 0 aliphatic rings. The Labute approximate surface area is 116 Å². The van der Waals surface area contributed by atoms with Crippen LogP contribution in [0.1, 0.15) is 16.9 Å². The number of hydrogen-bond donors (Lipinski definition) is 1. The summed E-state index contributed by atoms with van der Waals surface area (Å²) < 4.78 is 6.35. The Bertz CT molecular complexity index is 501. The maximum Gasteiger partial charge on any atom is 0.183 e. The lowest BCUT2D eigenvalue weighted by Gasteiger charge is -2.10.